The summed E-state index contributed by atoms with van der Waals surface area (Å²) in [5, 5.41) is 145. The van der Waals surface area contributed by atoms with Crippen LogP contribution in [0.25, 0.3) is 0 Å². The number of aliphatic hydroxyl groups is 13. The Hall–Kier alpha value is -1.37. The molecule has 20 atom stereocenters. The zero-order chi connectivity index (χ0) is 41.3. The SMILES string of the molecule is O=C(O)CCCCCCCCO[C@H]1OC(CO)[C@@H](O)[C@H](O)C1O[C@H]1OC(CO)[C@@H](O)[C@H](O)C1O[C@H]1OC(CO)[C@@H](O)[C@H](O[C@H]2OC(CO)[C@@H](O)[C@H](O)C2O)C1O. The third kappa shape index (κ3) is 11.5. The highest BCUT2D eigenvalue weighted by Gasteiger charge is 2.55. The number of ether oxygens (including phenoxy) is 8. The summed E-state index contributed by atoms with van der Waals surface area (Å²) in [5.41, 5.74) is 0. The monoisotopic (exact) mass is 822 g/mol. The summed E-state index contributed by atoms with van der Waals surface area (Å²) in [5.74, 6) is -0.867. The third-order valence-electron chi connectivity index (χ3n) is 10.3. The summed E-state index contributed by atoms with van der Waals surface area (Å²) in [4.78, 5) is 10.7. The lowest BCUT2D eigenvalue weighted by atomic mass is 9.96. The number of hydrogen-bond donors (Lipinski definition) is 14. The van der Waals surface area contributed by atoms with Gasteiger partial charge < -0.3 is 109 Å². The molecule has 328 valence electrons. The van der Waals surface area contributed by atoms with Crippen molar-refractivity contribution in [3.63, 3.8) is 0 Å². The molecule has 23 heteroatoms. The standard InChI is InChI=1S/C33H58O23/c34-9-13-18(40)22(44)25(47)30(50-13)54-27-21(43)16(12-37)51-31(26(27)48)55-29-24(46)20(42)15(11-36)53-33(29)56-28-23(45)19(41)14(10-35)52-32(28)49-8-6-4-2-1-3-5-7-17(38)39/h13-16,18-37,40-48H,1-12H2,(H,38,39)/t13?,14?,15?,16?,18-,19-,20-,21-,22+,23+,24+,25?,26?,27+,28?,29?,30-,31-,32+,33-/m1/s1. The molecular formula is C33H58O23. The van der Waals surface area contributed by atoms with E-state index in [1.807, 2.05) is 0 Å². The van der Waals surface area contributed by atoms with Crippen molar-refractivity contribution in [1.82, 2.24) is 0 Å². The average molecular weight is 823 g/mol. The first-order valence-corrected chi connectivity index (χ1v) is 18.7. The van der Waals surface area contributed by atoms with Crippen LogP contribution in [0.2, 0.25) is 0 Å². The fourth-order valence-corrected chi connectivity index (χ4v) is 6.90. The Morgan fingerprint density at radius 3 is 1.34 bits per heavy atom. The van der Waals surface area contributed by atoms with E-state index < -0.39 is 155 Å². The van der Waals surface area contributed by atoms with Crippen LogP contribution in [0.4, 0.5) is 0 Å². The maximum Gasteiger partial charge on any atom is 0.303 e. The first-order chi connectivity index (χ1) is 26.7. The van der Waals surface area contributed by atoms with E-state index in [9.17, 15) is 71.2 Å². The number of aliphatic carboxylic acids is 1. The van der Waals surface area contributed by atoms with E-state index in [-0.39, 0.29) is 13.0 Å². The van der Waals surface area contributed by atoms with Crippen LogP contribution in [-0.4, -0.2) is 233 Å². The fourth-order valence-electron chi connectivity index (χ4n) is 6.90. The Morgan fingerprint density at radius 1 is 0.411 bits per heavy atom. The van der Waals surface area contributed by atoms with Gasteiger partial charge in [-0.15, -0.1) is 0 Å². The van der Waals surface area contributed by atoms with Crippen molar-refractivity contribution in [2.75, 3.05) is 33.0 Å². The Morgan fingerprint density at radius 2 is 0.804 bits per heavy atom. The molecule has 4 rings (SSSR count). The Balaban J connectivity index is 1.50. The van der Waals surface area contributed by atoms with E-state index in [0.29, 0.717) is 19.3 Å². The van der Waals surface area contributed by atoms with Crippen LogP contribution in [0.3, 0.4) is 0 Å². The molecular weight excluding hydrogens is 764 g/mol. The van der Waals surface area contributed by atoms with Crippen molar-refractivity contribution in [3.8, 4) is 0 Å². The number of unbranched alkanes of at least 4 members (excludes halogenated alkanes) is 5. The van der Waals surface area contributed by atoms with Crippen LogP contribution in [0.1, 0.15) is 44.9 Å². The van der Waals surface area contributed by atoms with Gasteiger partial charge in [-0.2, -0.15) is 0 Å². The van der Waals surface area contributed by atoms with E-state index in [4.69, 9.17) is 43.0 Å². The van der Waals surface area contributed by atoms with Gasteiger partial charge in [0.25, 0.3) is 0 Å². The van der Waals surface area contributed by atoms with Gasteiger partial charge in [0.2, 0.25) is 0 Å². The van der Waals surface area contributed by atoms with Crippen molar-refractivity contribution in [2.24, 2.45) is 0 Å². The van der Waals surface area contributed by atoms with Crippen molar-refractivity contribution in [3.05, 3.63) is 0 Å². The Labute approximate surface area is 321 Å². The van der Waals surface area contributed by atoms with Crippen molar-refractivity contribution in [1.29, 1.82) is 0 Å². The third-order valence-corrected chi connectivity index (χ3v) is 10.3. The molecule has 4 fully saturated rings. The molecule has 56 heavy (non-hydrogen) atoms. The predicted octanol–water partition coefficient (Wildman–Crippen LogP) is -6.91. The van der Waals surface area contributed by atoms with Gasteiger partial charge in [-0.25, -0.2) is 0 Å². The van der Waals surface area contributed by atoms with Crippen LogP contribution in [-0.2, 0) is 42.7 Å². The lowest BCUT2D eigenvalue weighted by molar-refractivity contribution is -0.401. The first-order valence-electron chi connectivity index (χ1n) is 18.7. The lowest BCUT2D eigenvalue weighted by Gasteiger charge is -2.49. The highest BCUT2D eigenvalue weighted by molar-refractivity contribution is 5.66. The van der Waals surface area contributed by atoms with Gasteiger partial charge in [-0.3, -0.25) is 4.79 Å². The number of aliphatic hydroxyl groups excluding tert-OH is 13. The largest absolute Gasteiger partial charge is 0.481 e. The number of carboxylic acid groups (broad SMARTS) is 1. The molecule has 0 radical (unpaired) electrons. The van der Waals surface area contributed by atoms with E-state index in [2.05, 4.69) is 0 Å². The van der Waals surface area contributed by atoms with Crippen LogP contribution >= 0.6 is 0 Å². The quantitative estimate of drug-likeness (QED) is 0.0507. The van der Waals surface area contributed by atoms with E-state index in [1.165, 1.54) is 0 Å². The second kappa shape index (κ2) is 22.3. The molecule has 0 aromatic rings. The zero-order valence-electron chi connectivity index (χ0n) is 30.5. The predicted molar refractivity (Wildman–Crippen MR) is 178 cm³/mol. The molecule has 23 nitrogen and oxygen atoms in total. The summed E-state index contributed by atoms with van der Waals surface area (Å²) >= 11 is 0. The molecule has 0 spiro atoms. The number of hydrogen-bond acceptors (Lipinski definition) is 22. The van der Waals surface area contributed by atoms with Crippen molar-refractivity contribution >= 4 is 5.97 Å². The first kappa shape index (κ1) is 47.3. The van der Waals surface area contributed by atoms with Crippen molar-refractivity contribution < 1.29 is 114 Å². The molecule has 4 aliphatic heterocycles. The molecule has 0 aromatic heterocycles. The molecule has 0 aromatic carbocycles. The summed E-state index contributed by atoms with van der Waals surface area (Å²) in [6.07, 6.45) is -31.4. The van der Waals surface area contributed by atoms with Gasteiger partial charge in [-0.05, 0) is 12.8 Å². The second-order valence-corrected chi connectivity index (χ2v) is 14.3. The molecule has 0 aliphatic carbocycles. The zero-order valence-corrected chi connectivity index (χ0v) is 30.5. The summed E-state index contributed by atoms with van der Waals surface area (Å²) in [6.45, 7) is -3.30. The van der Waals surface area contributed by atoms with E-state index >= 15 is 0 Å². The maximum atomic E-state index is 11.3. The van der Waals surface area contributed by atoms with Gasteiger partial charge in [0.15, 0.2) is 25.2 Å². The Kier molecular flexibility index (Phi) is 18.8. The molecule has 4 aliphatic rings. The van der Waals surface area contributed by atoms with Crippen LogP contribution < -0.4 is 0 Å². The van der Waals surface area contributed by atoms with Crippen LogP contribution in [0, 0.1) is 0 Å². The highest BCUT2D eigenvalue weighted by Crippen LogP contribution is 2.35. The van der Waals surface area contributed by atoms with E-state index in [1.54, 1.807) is 0 Å². The van der Waals surface area contributed by atoms with Crippen LogP contribution in [0.15, 0.2) is 0 Å². The van der Waals surface area contributed by atoms with E-state index in [0.717, 1.165) is 19.3 Å². The van der Waals surface area contributed by atoms with Crippen molar-refractivity contribution in [2.45, 2.75) is 168 Å². The van der Waals surface area contributed by atoms with Crippen LogP contribution in [0.5, 0.6) is 0 Å². The molecule has 4 heterocycles. The topological polar surface area (TPSA) is 374 Å². The average Bonchev–Trinajstić information content (AvgIpc) is 3.18. The minimum Gasteiger partial charge on any atom is -0.481 e. The molecule has 0 amide bonds. The summed E-state index contributed by atoms with van der Waals surface area (Å²) < 4.78 is 45.5. The van der Waals surface area contributed by atoms with Gasteiger partial charge in [0, 0.05) is 13.0 Å². The second-order valence-electron chi connectivity index (χ2n) is 14.3. The minimum atomic E-state index is -2.08. The molecule has 14 N–H and O–H groups in total. The number of carbonyl (C=O) groups is 1. The Bertz CT molecular complexity index is 1150. The van der Waals surface area contributed by atoms with Gasteiger partial charge in [0.1, 0.15) is 97.7 Å². The lowest BCUT2D eigenvalue weighted by Crippen LogP contribution is -2.68. The number of carboxylic acids is 1. The molecule has 0 bridgehead atoms. The fraction of sp³-hybridized carbons (Fsp3) is 0.970. The molecule has 0 saturated carbocycles. The summed E-state index contributed by atoms with van der Waals surface area (Å²) in [6, 6.07) is 0. The van der Waals surface area contributed by atoms with Gasteiger partial charge in [-0.1, -0.05) is 25.7 Å². The van der Waals surface area contributed by atoms with Gasteiger partial charge >= 0.3 is 5.97 Å². The summed E-state index contributed by atoms with van der Waals surface area (Å²) in [7, 11) is 0. The maximum absolute atomic E-state index is 11.3. The smallest absolute Gasteiger partial charge is 0.303 e. The minimum absolute atomic E-state index is 0.0372. The molecule has 4 saturated heterocycles. The highest BCUT2D eigenvalue weighted by atomic mass is 16.8. The normalized spacial score (nSPS) is 44.8. The molecule has 8 unspecified atom stereocenters. The number of rotatable bonds is 20. The van der Waals surface area contributed by atoms with Gasteiger partial charge in [0.05, 0.1) is 26.4 Å².